The lowest BCUT2D eigenvalue weighted by atomic mass is 9.74. The minimum Gasteiger partial charge on any atom is -0.462 e. The van der Waals surface area contributed by atoms with Crippen LogP contribution < -0.4 is 0 Å². The highest BCUT2D eigenvalue weighted by Gasteiger charge is 2.49. The number of hydrogen-bond donors (Lipinski definition) is 0. The molecule has 0 aromatic rings. The van der Waals surface area contributed by atoms with Crippen LogP contribution in [0.15, 0.2) is 0 Å². The summed E-state index contributed by atoms with van der Waals surface area (Å²) in [7, 11) is 0. The Kier molecular flexibility index (Phi) is 15.2. The fourth-order valence-electron chi connectivity index (χ4n) is 4.32. The Morgan fingerprint density at radius 1 is 0.641 bits per heavy atom. The van der Waals surface area contributed by atoms with Gasteiger partial charge in [-0.15, -0.1) is 0 Å². The van der Waals surface area contributed by atoms with Crippen molar-refractivity contribution >= 4 is 11.9 Å². The monoisotopic (exact) mass is 560 g/mol. The zero-order valence-corrected chi connectivity index (χ0v) is 27.7. The van der Waals surface area contributed by atoms with Gasteiger partial charge < -0.3 is 28.4 Å². The third-order valence-electron chi connectivity index (χ3n) is 7.79. The van der Waals surface area contributed by atoms with Crippen molar-refractivity contribution in [1.29, 1.82) is 0 Å². The molecule has 0 heterocycles. The first-order chi connectivity index (χ1) is 17.7. The van der Waals surface area contributed by atoms with Crippen molar-refractivity contribution in [2.75, 3.05) is 19.8 Å². The summed E-state index contributed by atoms with van der Waals surface area (Å²) in [6.07, 6.45) is 0.975. The molecule has 8 nitrogen and oxygen atoms in total. The van der Waals surface area contributed by atoms with Crippen molar-refractivity contribution in [3.63, 3.8) is 0 Å². The quantitative estimate of drug-likeness (QED) is 0.165. The Bertz CT molecular complexity index is 747. The van der Waals surface area contributed by atoms with Crippen LogP contribution in [0.1, 0.15) is 117 Å². The van der Waals surface area contributed by atoms with E-state index in [4.69, 9.17) is 28.4 Å². The normalized spacial score (nSPS) is 18.3. The van der Waals surface area contributed by atoms with Gasteiger partial charge in [-0.3, -0.25) is 4.79 Å². The highest BCUT2D eigenvalue weighted by atomic mass is 16.6. The van der Waals surface area contributed by atoms with Gasteiger partial charge >= 0.3 is 11.9 Å². The molecule has 0 N–H and O–H groups in total. The van der Waals surface area contributed by atoms with E-state index in [0.717, 1.165) is 0 Å². The van der Waals surface area contributed by atoms with Crippen molar-refractivity contribution in [3.05, 3.63) is 0 Å². The average molecular weight is 561 g/mol. The van der Waals surface area contributed by atoms with Crippen LogP contribution in [0, 0.1) is 11.3 Å². The molecule has 0 fully saturated rings. The lowest BCUT2D eigenvalue weighted by Gasteiger charge is -2.45. The van der Waals surface area contributed by atoms with Crippen LogP contribution in [0.25, 0.3) is 0 Å². The molecule has 0 rings (SSSR count). The molecular weight excluding hydrogens is 500 g/mol. The molecule has 0 aliphatic heterocycles. The zero-order valence-electron chi connectivity index (χ0n) is 27.7. The van der Waals surface area contributed by atoms with Gasteiger partial charge in [-0.2, -0.15) is 0 Å². The highest BCUT2D eigenvalue weighted by Crippen LogP contribution is 2.40. The topological polar surface area (TPSA) is 89.5 Å². The molecule has 0 amide bonds. The third kappa shape index (κ3) is 11.7. The van der Waals surface area contributed by atoms with Crippen LogP contribution in [-0.4, -0.2) is 73.0 Å². The van der Waals surface area contributed by atoms with Gasteiger partial charge in [0.25, 0.3) is 0 Å². The maximum absolute atomic E-state index is 13.1. The first-order valence-corrected chi connectivity index (χ1v) is 14.7. The zero-order chi connectivity index (χ0) is 30.8. The van der Waals surface area contributed by atoms with Crippen LogP contribution in [0.5, 0.6) is 0 Å². The van der Waals surface area contributed by atoms with Gasteiger partial charge in [-0.1, -0.05) is 20.8 Å². The minimum absolute atomic E-state index is 0.0512. The Morgan fingerprint density at radius 3 is 1.46 bits per heavy atom. The maximum atomic E-state index is 13.1. The second kappa shape index (κ2) is 15.7. The molecule has 232 valence electrons. The predicted octanol–water partition coefficient (Wildman–Crippen LogP) is 6.51. The van der Waals surface area contributed by atoms with Crippen LogP contribution >= 0.6 is 0 Å². The summed E-state index contributed by atoms with van der Waals surface area (Å²) in [6.45, 7) is 29.4. The number of hydrogen-bond acceptors (Lipinski definition) is 8. The molecule has 0 radical (unpaired) electrons. The van der Waals surface area contributed by atoms with E-state index in [0.29, 0.717) is 19.4 Å². The number of carbonyl (C=O) groups excluding carboxylic acids is 2. The average Bonchev–Trinajstić information content (AvgIpc) is 2.82. The van der Waals surface area contributed by atoms with E-state index < -0.39 is 28.2 Å². The first-order valence-electron chi connectivity index (χ1n) is 14.7. The number of carbonyl (C=O) groups is 2. The van der Waals surface area contributed by atoms with Gasteiger partial charge in [0.05, 0.1) is 47.6 Å². The molecule has 0 aliphatic rings. The van der Waals surface area contributed by atoms with Crippen molar-refractivity contribution in [2.24, 2.45) is 11.3 Å². The standard InChI is InChI=1S/C31H60O8/c1-16-30(14,39-29(12,13)27(33)35-20-25(9)38-22(5)6)23(7)18-36-31(15,17-2)28(10,11)26(32)34-19-24(8)37-21(3)4/h21-25H,16-20H2,1-15H3. The van der Waals surface area contributed by atoms with E-state index in [-0.39, 0.29) is 49.5 Å². The number of esters is 2. The van der Waals surface area contributed by atoms with Gasteiger partial charge in [-0.05, 0) is 95.9 Å². The minimum atomic E-state index is -1.16. The summed E-state index contributed by atoms with van der Waals surface area (Å²) in [5.74, 6) is -0.852. The van der Waals surface area contributed by atoms with Gasteiger partial charge in [0.15, 0.2) is 5.60 Å². The van der Waals surface area contributed by atoms with Crippen LogP contribution in [0.3, 0.4) is 0 Å². The van der Waals surface area contributed by atoms with Crippen molar-refractivity contribution in [2.45, 2.75) is 158 Å². The van der Waals surface area contributed by atoms with E-state index in [9.17, 15) is 9.59 Å². The van der Waals surface area contributed by atoms with E-state index in [2.05, 4.69) is 0 Å². The summed E-state index contributed by atoms with van der Waals surface area (Å²) in [5, 5.41) is 0. The van der Waals surface area contributed by atoms with E-state index in [1.807, 2.05) is 90.0 Å². The summed E-state index contributed by atoms with van der Waals surface area (Å²) >= 11 is 0. The van der Waals surface area contributed by atoms with Crippen LogP contribution in [0.2, 0.25) is 0 Å². The summed E-state index contributed by atoms with van der Waals surface area (Å²) in [5.41, 5.74) is -3.52. The fraction of sp³-hybridized carbons (Fsp3) is 0.935. The van der Waals surface area contributed by atoms with E-state index in [1.165, 1.54) is 0 Å². The number of ether oxygens (including phenoxy) is 6. The van der Waals surface area contributed by atoms with Gasteiger partial charge in [0.2, 0.25) is 0 Å². The molecule has 0 saturated carbocycles. The largest absolute Gasteiger partial charge is 0.462 e. The second-order valence-corrected chi connectivity index (χ2v) is 12.9. The molecule has 5 atom stereocenters. The predicted molar refractivity (Wildman–Crippen MR) is 155 cm³/mol. The van der Waals surface area contributed by atoms with Crippen LogP contribution in [-0.2, 0) is 38.0 Å². The third-order valence-corrected chi connectivity index (χ3v) is 7.79. The van der Waals surface area contributed by atoms with E-state index >= 15 is 0 Å². The SMILES string of the molecule is CCC(C)(OC(C)(C)C(=O)OCC(C)OC(C)C)C(C)COC(C)(CC)C(C)(C)C(=O)OCC(C)OC(C)C. The molecule has 0 bridgehead atoms. The van der Waals surface area contributed by atoms with Gasteiger partial charge in [0, 0.05) is 5.92 Å². The van der Waals surface area contributed by atoms with Gasteiger partial charge in [0.1, 0.15) is 13.2 Å². The molecule has 0 aromatic heterocycles. The second-order valence-electron chi connectivity index (χ2n) is 12.9. The summed E-state index contributed by atoms with van der Waals surface area (Å²) < 4.78 is 35.4. The summed E-state index contributed by atoms with van der Waals surface area (Å²) in [6, 6.07) is 0. The van der Waals surface area contributed by atoms with Crippen molar-refractivity contribution < 1.29 is 38.0 Å². The highest BCUT2D eigenvalue weighted by molar-refractivity contribution is 5.78. The molecule has 0 spiro atoms. The Labute approximate surface area is 239 Å². The maximum Gasteiger partial charge on any atom is 0.337 e. The molecule has 39 heavy (non-hydrogen) atoms. The molecule has 8 heteroatoms. The van der Waals surface area contributed by atoms with E-state index in [1.54, 1.807) is 13.8 Å². The molecule has 0 saturated heterocycles. The Balaban J connectivity index is 5.37. The van der Waals surface area contributed by atoms with Gasteiger partial charge in [-0.25, -0.2) is 4.79 Å². The smallest absolute Gasteiger partial charge is 0.337 e. The van der Waals surface area contributed by atoms with Crippen LogP contribution in [0.4, 0.5) is 0 Å². The first kappa shape index (κ1) is 37.8. The van der Waals surface area contributed by atoms with Crippen molar-refractivity contribution in [1.82, 2.24) is 0 Å². The number of rotatable bonds is 19. The Hall–Kier alpha value is -1.22. The molecule has 0 aromatic carbocycles. The fourth-order valence-corrected chi connectivity index (χ4v) is 4.32. The van der Waals surface area contributed by atoms with Crippen molar-refractivity contribution in [3.8, 4) is 0 Å². The lowest BCUT2D eigenvalue weighted by Crippen LogP contribution is -2.53. The molecular formula is C31H60O8. The lowest BCUT2D eigenvalue weighted by molar-refractivity contribution is -0.212. The summed E-state index contributed by atoms with van der Waals surface area (Å²) in [4.78, 5) is 26.1. The Morgan fingerprint density at radius 2 is 1.08 bits per heavy atom. The molecule has 0 aliphatic carbocycles. The molecule has 5 unspecified atom stereocenters.